The van der Waals surface area contributed by atoms with Gasteiger partial charge in [0.2, 0.25) is 0 Å². The smallest absolute Gasteiger partial charge is 0.186 e. The van der Waals surface area contributed by atoms with Crippen molar-refractivity contribution < 1.29 is 69.6 Å². The molecule has 0 aromatic heterocycles. The number of aliphatic hydroxyl groups excluding tert-OH is 9. The molecular formula is C41H68O14. The van der Waals surface area contributed by atoms with Crippen LogP contribution in [0.3, 0.4) is 0 Å². The third-order valence-corrected chi connectivity index (χ3v) is 17.7. The predicted molar refractivity (Wildman–Crippen MR) is 194 cm³/mol. The summed E-state index contributed by atoms with van der Waals surface area (Å²) >= 11 is 0. The minimum Gasteiger partial charge on any atom is -0.394 e. The predicted octanol–water partition coefficient (Wildman–Crippen LogP) is 0.724. The number of rotatable bonds is 6. The molecule has 3 saturated heterocycles. The lowest BCUT2D eigenvalue weighted by Crippen LogP contribution is -2.66. The first kappa shape index (κ1) is 41.2. The third-order valence-electron chi connectivity index (χ3n) is 17.7. The molecule has 0 aromatic carbocycles. The Hall–Kier alpha value is -0.560. The number of ether oxygens (including phenoxy) is 5. The van der Waals surface area contributed by atoms with Crippen molar-refractivity contribution in [1.82, 2.24) is 0 Å². The van der Waals surface area contributed by atoms with E-state index in [-0.39, 0.29) is 46.0 Å². The standard InChI is InChI=1S/C41H68O14/c1-35(2)25(54-33-29(49)26(46)20(44)17-51-33)9-11-41-18-40(41)13-12-37(5)31(39(7)10-8-24(45)36(3,4)55-39)19(43)15-38(37,6)23(40)14-21(32(35)41)52-34-30(50)28(48)27(47)22(16-42)53-34/h19-34,42-50H,8-18H2,1-7H3/t19-,20+,21-,22+,23-,24-,25-,26-,27+,28-,29+,30+,31-,32-,33-,34+,37+,38-,39+,40-,41+/m0/s1. The Balaban J connectivity index is 1.16. The molecular weight excluding hydrogens is 716 g/mol. The summed E-state index contributed by atoms with van der Waals surface area (Å²) < 4.78 is 32.0. The quantitative estimate of drug-likeness (QED) is 0.169. The molecule has 55 heavy (non-hydrogen) atoms. The third kappa shape index (κ3) is 5.63. The van der Waals surface area contributed by atoms with Crippen molar-refractivity contribution in [2.75, 3.05) is 13.2 Å². The van der Waals surface area contributed by atoms with Gasteiger partial charge in [0.1, 0.15) is 42.7 Å². The zero-order chi connectivity index (χ0) is 40.1. The van der Waals surface area contributed by atoms with Crippen molar-refractivity contribution in [2.24, 2.45) is 44.8 Å². The molecule has 14 heteroatoms. The molecule has 3 heterocycles. The Morgan fingerprint density at radius 1 is 0.655 bits per heavy atom. The fourth-order valence-electron chi connectivity index (χ4n) is 15.0. The topological polar surface area (TPSA) is 228 Å². The van der Waals surface area contributed by atoms with E-state index in [4.69, 9.17) is 23.7 Å². The molecule has 14 nitrogen and oxygen atoms in total. The Morgan fingerprint density at radius 2 is 1.35 bits per heavy atom. The molecule has 21 atom stereocenters. The van der Waals surface area contributed by atoms with Crippen LogP contribution < -0.4 is 0 Å². The SMILES string of the molecule is CC1(C)O[C@@](C)([C@H]2[C@@H](O)C[C@@]3(C)[C@@H]4C[C@H](O[C@@H]5O[C@H](CO)[C@@H](O)[C@H](O)[C@H]5O)[C@H]5C(C)(C)[C@@H](O[C@@H]6OC[C@@H](O)[C@H](O)[C@H]6O)CC[C@@]56C[C@@]46CC[C@]23C)CC[C@@H]1O. The lowest BCUT2D eigenvalue weighted by molar-refractivity contribution is -0.339. The summed E-state index contributed by atoms with van der Waals surface area (Å²) in [4.78, 5) is 0. The molecule has 8 fully saturated rings. The molecule has 8 aliphatic rings. The van der Waals surface area contributed by atoms with Crippen LogP contribution in [0, 0.1) is 44.8 Å². The van der Waals surface area contributed by atoms with E-state index in [1.165, 1.54) is 0 Å². The van der Waals surface area contributed by atoms with Crippen molar-refractivity contribution in [3.05, 3.63) is 0 Å². The average molecular weight is 785 g/mol. The monoisotopic (exact) mass is 784 g/mol. The maximum Gasteiger partial charge on any atom is 0.186 e. The van der Waals surface area contributed by atoms with Gasteiger partial charge in [-0.25, -0.2) is 0 Å². The number of aliphatic hydroxyl groups is 9. The molecule has 0 amide bonds. The highest BCUT2D eigenvalue weighted by molar-refractivity contribution is 5.33. The molecule has 0 unspecified atom stereocenters. The largest absolute Gasteiger partial charge is 0.394 e. The van der Waals surface area contributed by atoms with Gasteiger partial charge in [-0.15, -0.1) is 0 Å². The number of hydrogen-bond acceptors (Lipinski definition) is 14. The van der Waals surface area contributed by atoms with E-state index in [0.29, 0.717) is 32.1 Å². The molecule has 3 aliphatic heterocycles. The molecule has 2 spiro atoms. The first-order chi connectivity index (χ1) is 25.5. The van der Waals surface area contributed by atoms with E-state index in [1.807, 2.05) is 13.8 Å². The zero-order valence-corrected chi connectivity index (χ0v) is 33.6. The first-order valence-corrected chi connectivity index (χ1v) is 20.9. The van der Waals surface area contributed by atoms with Crippen LogP contribution in [-0.4, -0.2) is 150 Å². The first-order valence-electron chi connectivity index (χ1n) is 20.9. The number of fused-ring (bicyclic) bond motifs is 2. The van der Waals surface area contributed by atoms with Crippen molar-refractivity contribution in [1.29, 1.82) is 0 Å². The summed E-state index contributed by atoms with van der Waals surface area (Å²) in [7, 11) is 0. The summed E-state index contributed by atoms with van der Waals surface area (Å²) in [5.41, 5.74) is -2.96. The van der Waals surface area contributed by atoms with Gasteiger partial charge in [0.15, 0.2) is 12.6 Å². The van der Waals surface area contributed by atoms with E-state index in [2.05, 4.69) is 34.6 Å². The summed E-state index contributed by atoms with van der Waals surface area (Å²) in [5.74, 6) is -0.235. The van der Waals surface area contributed by atoms with Crippen LogP contribution in [0.25, 0.3) is 0 Å². The molecule has 0 bridgehead atoms. The van der Waals surface area contributed by atoms with Gasteiger partial charge in [-0.2, -0.15) is 0 Å². The Labute approximate surface area is 324 Å². The Kier molecular flexibility index (Phi) is 9.90. The van der Waals surface area contributed by atoms with Gasteiger partial charge >= 0.3 is 0 Å². The van der Waals surface area contributed by atoms with Crippen LogP contribution in [0.15, 0.2) is 0 Å². The van der Waals surface area contributed by atoms with Gasteiger partial charge in [-0.1, -0.05) is 27.7 Å². The maximum absolute atomic E-state index is 12.2. The second-order valence-electron chi connectivity index (χ2n) is 21.0. The fourth-order valence-corrected chi connectivity index (χ4v) is 15.0. The van der Waals surface area contributed by atoms with E-state index < -0.39 is 103 Å². The normalized spacial score (nSPS) is 59.6. The van der Waals surface area contributed by atoms with E-state index in [0.717, 1.165) is 25.7 Å². The van der Waals surface area contributed by atoms with Gasteiger partial charge in [0.25, 0.3) is 0 Å². The minimum atomic E-state index is -1.60. The van der Waals surface area contributed by atoms with Crippen molar-refractivity contribution >= 4 is 0 Å². The summed E-state index contributed by atoms with van der Waals surface area (Å²) in [6.45, 7) is 14.1. The van der Waals surface area contributed by atoms with Gasteiger partial charge < -0.3 is 69.6 Å². The van der Waals surface area contributed by atoms with Crippen LogP contribution in [-0.2, 0) is 23.7 Å². The lowest BCUT2D eigenvalue weighted by Gasteiger charge is -2.66. The summed E-state index contributed by atoms with van der Waals surface area (Å²) in [6.07, 6.45) is -8.00. The van der Waals surface area contributed by atoms with E-state index in [1.54, 1.807) is 0 Å². The van der Waals surface area contributed by atoms with Crippen molar-refractivity contribution in [2.45, 2.75) is 197 Å². The lowest BCUT2D eigenvalue weighted by atomic mass is 9.41. The van der Waals surface area contributed by atoms with E-state index >= 15 is 0 Å². The second kappa shape index (κ2) is 13.2. The molecule has 5 saturated carbocycles. The summed E-state index contributed by atoms with van der Waals surface area (Å²) in [6, 6.07) is 0. The maximum atomic E-state index is 12.2. The molecule has 8 rings (SSSR count). The fraction of sp³-hybridized carbons (Fsp3) is 1.00. The van der Waals surface area contributed by atoms with E-state index in [9.17, 15) is 46.0 Å². The van der Waals surface area contributed by atoms with Crippen LogP contribution in [0.2, 0.25) is 0 Å². The number of hydrogen-bond donors (Lipinski definition) is 9. The van der Waals surface area contributed by atoms with Crippen LogP contribution in [0.4, 0.5) is 0 Å². The Morgan fingerprint density at radius 3 is 2.02 bits per heavy atom. The van der Waals surface area contributed by atoms with Gasteiger partial charge in [0.05, 0.1) is 48.8 Å². The minimum absolute atomic E-state index is 0.0665. The van der Waals surface area contributed by atoms with Crippen molar-refractivity contribution in [3.8, 4) is 0 Å². The average Bonchev–Trinajstić information content (AvgIpc) is 3.70. The molecule has 0 aromatic rings. The van der Waals surface area contributed by atoms with Crippen molar-refractivity contribution in [3.63, 3.8) is 0 Å². The summed E-state index contributed by atoms with van der Waals surface area (Å²) in [5, 5.41) is 97.2. The highest BCUT2D eigenvalue weighted by Crippen LogP contribution is 2.89. The second-order valence-corrected chi connectivity index (χ2v) is 21.0. The van der Waals surface area contributed by atoms with Crippen LogP contribution >= 0.6 is 0 Å². The van der Waals surface area contributed by atoms with Crippen LogP contribution in [0.5, 0.6) is 0 Å². The highest BCUT2D eigenvalue weighted by atomic mass is 16.7. The highest BCUT2D eigenvalue weighted by Gasteiger charge is 2.85. The van der Waals surface area contributed by atoms with Gasteiger partial charge in [-0.05, 0) is 117 Å². The molecule has 9 N–H and O–H groups in total. The molecule has 316 valence electrons. The molecule has 5 aliphatic carbocycles. The van der Waals surface area contributed by atoms with Crippen LogP contribution in [0.1, 0.15) is 106 Å². The zero-order valence-electron chi connectivity index (χ0n) is 33.6. The van der Waals surface area contributed by atoms with Gasteiger partial charge in [-0.3, -0.25) is 0 Å². The Bertz CT molecular complexity index is 1460. The van der Waals surface area contributed by atoms with Gasteiger partial charge in [0, 0.05) is 5.92 Å². The molecule has 0 radical (unpaired) electrons.